The number of aryl methyl sites for hydroxylation is 1. The van der Waals surface area contributed by atoms with Crippen LogP contribution in [-0.4, -0.2) is 12.6 Å². The van der Waals surface area contributed by atoms with Crippen LogP contribution >= 0.6 is 11.3 Å². The number of thiophene rings is 1. The summed E-state index contributed by atoms with van der Waals surface area (Å²) in [4.78, 5) is 0. The molecule has 1 aromatic heterocycles. The zero-order valence-corrected chi connectivity index (χ0v) is 12.7. The fraction of sp³-hybridized carbons (Fsp3) is 0.222. The first-order valence-electron chi connectivity index (χ1n) is 7.25. The molecule has 1 atom stereocenters. The molecule has 21 heavy (non-hydrogen) atoms. The molecule has 0 saturated heterocycles. The van der Waals surface area contributed by atoms with Crippen LogP contribution in [0.3, 0.4) is 0 Å². The van der Waals surface area contributed by atoms with E-state index in [0.717, 1.165) is 24.4 Å². The molecule has 2 heterocycles. The SMILES string of the molecule is Cc1ccc2c(c1)CC(CNc1ccc3sccc3c1)O2. The zero-order valence-electron chi connectivity index (χ0n) is 11.9. The van der Waals surface area contributed by atoms with Crippen LogP contribution in [-0.2, 0) is 6.42 Å². The van der Waals surface area contributed by atoms with Gasteiger partial charge in [0.2, 0.25) is 0 Å². The van der Waals surface area contributed by atoms with Crippen molar-refractivity contribution in [2.45, 2.75) is 19.4 Å². The van der Waals surface area contributed by atoms with Gasteiger partial charge in [0, 0.05) is 16.8 Å². The molecular weight excluding hydrogens is 278 g/mol. The molecule has 2 nitrogen and oxygen atoms in total. The van der Waals surface area contributed by atoms with Crippen molar-refractivity contribution >= 4 is 27.1 Å². The molecule has 0 aliphatic carbocycles. The third-order valence-corrected chi connectivity index (χ3v) is 4.84. The quantitative estimate of drug-likeness (QED) is 0.761. The highest BCUT2D eigenvalue weighted by Gasteiger charge is 2.22. The predicted molar refractivity (Wildman–Crippen MR) is 89.6 cm³/mol. The summed E-state index contributed by atoms with van der Waals surface area (Å²) in [7, 11) is 0. The lowest BCUT2D eigenvalue weighted by molar-refractivity contribution is 0.246. The Morgan fingerprint density at radius 1 is 1.19 bits per heavy atom. The number of benzene rings is 2. The molecular formula is C18H17NOS. The standard InChI is InChI=1S/C18H17NOS/c1-12-2-4-17-14(8-12)10-16(20-17)11-19-15-3-5-18-13(9-15)6-7-21-18/h2-9,16,19H,10-11H2,1H3. The summed E-state index contributed by atoms with van der Waals surface area (Å²) in [5.41, 5.74) is 3.79. The maximum Gasteiger partial charge on any atom is 0.123 e. The Kier molecular flexibility index (Phi) is 3.08. The average molecular weight is 295 g/mol. The third-order valence-electron chi connectivity index (χ3n) is 3.94. The normalized spacial score (nSPS) is 16.7. The van der Waals surface area contributed by atoms with Crippen LogP contribution in [0.1, 0.15) is 11.1 Å². The molecule has 0 spiro atoms. The highest BCUT2D eigenvalue weighted by atomic mass is 32.1. The summed E-state index contributed by atoms with van der Waals surface area (Å²) >= 11 is 1.78. The number of hydrogen-bond donors (Lipinski definition) is 1. The van der Waals surface area contributed by atoms with Gasteiger partial charge in [0.25, 0.3) is 0 Å². The number of nitrogens with one attached hydrogen (secondary N) is 1. The summed E-state index contributed by atoms with van der Waals surface area (Å²) in [6.45, 7) is 2.96. The van der Waals surface area contributed by atoms with E-state index in [-0.39, 0.29) is 6.10 Å². The van der Waals surface area contributed by atoms with E-state index >= 15 is 0 Å². The number of fused-ring (bicyclic) bond motifs is 2. The van der Waals surface area contributed by atoms with E-state index in [9.17, 15) is 0 Å². The fourth-order valence-electron chi connectivity index (χ4n) is 2.87. The predicted octanol–water partition coefficient (Wildman–Crippen LogP) is 4.63. The van der Waals surface area contributed by atoms with Gasteiger partial charge in [0.15, 0.2) is 0 Å². The van der Waals surface area contributed by atoms with Gasteiger partial charge in [-0.3, -0.25) is 0 Å². The minimum absolute atomic E-state index is 0.222. The molecule has 106 valence electrons. The van der Waals surface area contributed by atoms with Gasteiger partial charge in [-0.15, -0.1) is 11.3 Å². The Morgan fingerprint density at radius 3 is 3.10 bits per heavy atom. The maximum absolute atomic E-state index is 6.00. The third kappa shape index (κ3) is 2.49. The van der Waals surface area contributed by atoms with Crippen LogP contribution in [0.15, 0.2) is 47.8 Å². The summed E-state index contributed by atoms with van der Waals surface area (Å²) < 4.78 is 7.33. The average Bonchev–Trinajstić information content (AvgIpc) is 3.09. The van der Waals surface area contributed by atoms with Crippen molar-refractivity contribution in [2.75, 3.05) is 11.9 Å². The van der Waals surface area contributed by atoms with Crippen LogP contribution in [0.5, 0.6) is 5.75 Å². The summed E-state index contributed by atoms with van der Waals surface area (Å²) in [6.07, 6.45) is 1.21. The molecule has 1 N–H and O–H groups in total. The molecule has 0 fully saturated rings. The topological polar surface area (TPSA) is 21.3 Å². The van der Waals surface area contributed by atoms with Gasteiger partial charge in [-0.2, -0.15) is 0 Å². The van der Waals surface area contributed by atoms with Crippen LogP contribution in [0.4, 0.5) is 5.69 Å². The first kappa shape index (κ1) is 12.7. The highest BCUT2D eigenvalue weighted by molar-refractivity contribution is 7.17. The first-order valence-corrected chi connectivity index (χ1v) is 8.13. The molecule has 0 saturated carbocycles. The first-order chi connectivity index (χ1) is 10.3. The fourth-order valence-corrected chi connectivity index (χ4v) is 3.64. The van der Waals surface area contributed by atoms with E-state index < -0.39 is 0 Å². The van der Waals surface area contributed by atoms with Crippen molar-refractivity contribution in [3.8, 4) is 5.75 Å². The van der Waals surface area contributed by atoms with Crippen LogP contribution in [0.2, 0.25) is 0 Å². The van der Waals surface area contributed by atoms with E-state index in [2.05, 4.69) is 60.1 Å². The minimum Gasteiger partial charge on any atom is -0.488 e. The van der Waals surface area contributed by atoms with Gasteiger partial charge in [0.1, 0.15) is 11.9 Å². The Labute approximate surface area is 128 Å². The second kappa shape index (κ2) is 5.08. The van der Waals surface area contributed by atoms with Crippen LogP contribution in [0, 0.1) is 6.92 Å². The van der Waals surface area contributed by atoms with Gasteiger partial charge in [-0.1, -0.05) is 17.7 Å². The van der Waals surface area contributed by atoms with E-state index in [1.807, 2.05) is 0 Å². The summed E-state index contributed by atoms with van der Waals surface area (Å²) in [5, 5.41) is 6.93. The maximum atomic E-state index is 6.00. The number of anilines is 1. The Morgan fingerprint density at radius 2 is 2.14 bits per heavy atom. The van der Waals surface area contributed by atoms with Crippen LogP contribution < -0.4 is 10.1 Å². The molecule has 1 aliphatic rings. The molecule has 0 radical (unpaired) electrons. The monoisotopic (exact) mass is 295 g/mol. The molecule has 2 aromatic carbocycles. The van der Waals surface area contributed by atoms with Crippen molar-refractivity contribution in [1.29, 1.82) is 0 Å². The lowest BCUT2D eigenvalue weighted by atomic mass is 10.1. The zero-order chi connectivity index (χ0) is 14.2. The number of hydrogen-bond acceptors (Lipinski definition) is 3. The van der Waals surface area contributed by atoms with Crippen molar-refractivity contribution in [2.24, 2.45) is 0 Å². The largest absolute Gasteiger partial charge is 0.488 e. The van der Waals surface area contributed by atoms with Crippen molar-refractivity contribution in [3.05, 3.63) is 59.0 Å². The summed E-state index contributed by atoms with van der Waals surface area (Å²) in [6, 6.07) is 15.1. The van der Waals surface area contributed by atoms with Crippen molar-refractivity contribution in [3.63, 3.8) is 0 Å². The Hall–Kier alpha value is -2.00. The molecule has 1 unspecified atom stereocenters. The second-order valence-corrected chi connectivity index (χ2v) is 6.56. The van der Waals surface area contributed by atoms with Crippen molar-refractivity contribution in [1.82, 2.24) is 0 Å². The molecule has 1 aliphatic heterocycles. The van der Waals surface area contributed by atoms with E-state index in [4.69, 9.17) is 4.74 Å². The lowest BCUT2D eigenvalue weighted by Gasteiger charge is -2.13. The van der Waals surface area contributed by atoms with Gasteiger partial charge in [0.05, 0.1) is 6.54 Å². The van der Waals surface area contributed by atoms with E-state index in [0.29, 0.717) is 0 Å². The molecule has 0 bridgehead atoms. The van der Waals surface area contributed by atoms with E-state index in [1.165, 1.54) is 21.2 Å². The number of ether oxygens (including phenoxy) is 1. The van der Waals surface area contributed by atoms with Gasteiger partial charge < -0.3 is 10.1 Å². The smallest absolute Gasteiger partial charge is 0.123 e. The minimum atomic E-state index is 0.222. The van der Waals surface area contributed by atoms with Gasteiger partial charge in [-0.25, -0.2) is 0 Å². The highest BCUT2D eigenvalue weighted by Crippen LogP contribution is 2.30. The molecule has 3 aromatic rings. The molecule has 3 heteroatoms. The molecule has 0 amide bonds. The van der Waals surface area contributed by atoms with Crippen LogP contribution in [0.25, 0.3) is 10.1 Å². The van der Waals surface area contributed by atoms with E-state index in [1.54, 1.807) is 11.3 Å². The second-order valence-electron chi connectivity index (χ2n) is 5.61. The summed E-state index contributed by atoms with van der Waals surface area (Å²) in [5.74, 6) is 1.04. The molecule has 4 rings (SSSR count). The van der Waals surface area contributed by atoms with Crippen molar-refractivity contribution < 1.29 is 4.74 Å². The number of rotatable bonds is 3. The Balaban J connectivity index is 1.43. The Bertz CT molecular complexity index is 793. The van der Waals surface area contributed by atoms with Gasteiger partial charge >= 0.3 is 0 Å². The van der Waals surface area contributed by atoms with Gasteiger partial charge in [-0.05, 0) is 53.6 Å². The lowest BCUT2D eigenvalue weighted by Crippen LogP contribution is -2.23.